The predicted octanol–water partition coefficient (Wildman–Crippen LogP) is 1.26. The molecule has 3 rings (SSSR count). The van der Waals surface area contributed by atoms with Crippen molar-refractivity contribution in [2.45, 2.75) is 63.1 Å². The third kappa shape index (κ3) is 4.70. The molecule has 7 nitrogen and oxygen atoms in total. The van der Waals surface area contributed by atoms with Crippen molar-refractivity contribution < 1.29 is 24.5 Å². The molecule has 2 saturated carbocycles. The van der Waals surface area contributed by atoms with Crippen LogP contribution in [0.25, 0.3) is 0 Å². The normalized spacial score (nSPS) is 29.9. The van der Waals surface area contributed by atoms with Gasteiger partial charge in [0.05, 0.1) is 30.4 Å². The first-order chi connectivity index (χ1) is 13.5. The zero-order chi connectivity index (χ0) is 20.1. The summed E-state index contributed by atoms with van der Waals surface area (Å²) in [4.78, 5) is 12.9. The van der Waals surface area contributed by atoms with Crippen molar-refractivity contribution in [3.05, 3.63) is 35.4 Å². The Balaban J connectivity index is 1.79. The number of benzene rings is 1. The fourth-order valence-corrected chi connectivity index (χ4v) is 3.60. The van der Waals surface area contributed by atoms with Gasteiger partial charge < -0.3 is 25.0 Å². The van der Waals surface area contributed by atoms with Gasteiger partial charge in [-0.3, -0.25) is 4.79 Å². The van der Waals surface area contributed by atoms with Crippen molar-refractivity contribution in [1.82, 2.24) is 5.32 Å². The molecule has 1 amide bonds. The molecular formula is C21H28N2O5. The lowest BCUT2D eigenvalue weighted by Gasteiger charge is -2.44. The van der Waals surface area contributed by atoms with Gasteiger partial charge in [-0.1, -0.05) is 18.2 Å². The number of nitriles is 1. The van der Waals surface area contributed by atoms with Crippen molar-refractivity contribution in [3.8, 4) is 6.07 Å². The summed E-state index contributed by atoms with van der Waals surface area (Å²) < 4.78 is 11.9. The minimum atomic E-state index is -1.33. The second kappa shape index (κ2) is 9.01. The largest absolute Gasteiger partial charge is 0.390 e. The van der Waals surface area contributed by atoms with E-state index in [2.05, 4.69) is 11.4 Å². The van der Waals surface area contributed by atoms with Crippen LogP contribution in [0.2, 0.25) is 0 Å². The lowest BCUT2D eigenvalue weighted by molar-refractivity contribution is -0.198. The molecule has 4 atom stereocenters. The van der Waals surface area contributed by atoms with Gasteiger partial charge in [0.25, 0.3) is 5.91 Å². The molecule has 0 saturated heterocycles. The number of rotatable bonds is 8. The van der Waals surface area contributed by atoms with Crippen molar-refractivity contribution in [1.29, 1.82) is 5.26 Å². The van der Waals surface area contributed by atoms with Gasteiger partial charge in [-0.05, 0) is 37.3 Å². The van der Waals surface area contributed by atoms with E-state index in [1.165, 1.54) is 0 Å². The Morgan fingerprint density at radius 2 is 2.07 bits per heavy atom. The number of carbonyl (C=O) groups excluding carboxylic acids is 1. The molecule has 0 bridgehead atoms. The van der Waals surface area contributed by atoms with Crippen LogP contribution in [0.15, 0.2) is 24.3 Å². The monoisotopic (exact) mass is 388 g/mol. The highest BCUT2D eigenvalue weighted by molar-refractivity contribution is 5.85. The molecule has 0 unspecified atom stereocenters. The number of nitrogens with zero attached hydrogens (tertiary/aromatic N) is 1. The maximum Gasteiger partial charge on any atom is 0.252 e. The third-order valence-electron chi connectivity index (χ3n) is 5.48. The highest BCUT2D eigenvalue weighted by Gasteiger charge is 2.51. The summed E-state index contributed by atoms with van der Waals surface area (Å²) in [5.74, 6) is 0.156. The van der Waals surface area contributed by atoms with Gasteiger partial charge >= 0.3 is 0 Å². The average molecular weight is 388 g/mol. The summed E-state index contributed by atoms with van der Waals surface area (Å²) in [5.41, 5.74) is -0.179. The summed E-state index contributed by atoms with van der Waals surface area (Å²) >= 11 is 0. The molecule has 0 heterocycles. The fraction of sp³-hybridized carbons (Fsp3) is 0.619. The number of hydrogen-bond acceptors (Lipinski definition) is 6. The smallest absolute Gasteiger partial charge is 0.252 e. The van der Waals surface area contributed by atoms with Gasteiger partial charge in [0.1, 0.15) is 6.10 Å². The first-order valence-corrected chi connectivity index (χ1v) is 9.87. The fourth-order valence-electron chi connectivity index (χ4n) is 3.60. The van der Waals surface area contributed by atoms with Crippen molar-refractivity contribution in [2.75, 3.05) is 13.2 Å². The SMILES string of the molecule is CCNC(=O)[C@]1(OCc2ccccc2C#N)C[C@@H](O)[C@@H](O)[C@@H](OCC2CC2)C1. The van der Waals surface area contributed by atoms with Crippen LogP contribution in [0.5, 0.6) is 0 Å². The Kier molecular flexibility index (Phi) is 6.68. The molecule has 1 aromatic rings. The minimum Gasteiger partial charge on any atom is -0.390 e. The highest BCUT2D eigenvalue weighted by Crippen LogP contribution is 2.37. The van der Waals surface area contributed by atoms with Crippen LogP contribution in [0.3, 0.4) is 0 Å². The quantitative estimate of drug-likeness (QED) is 0.618. The summed E-state index contributed by atoms with van der Waals surface area (Å²) in [7, 11) is 0. The molecule has 0 aromatic heterocycles. The molecule has 2 aliphatic rings. The maximum absolute atomic E-state index is 12.9. The van der Waals surface area contributed by atoms with E-state index in [0.29, 0.717) is 30.2 Å². The Morgan fingerprint density at radius 1 is 1.32 bits per heavy atom. The zero-order valence-corrected chi connectivity index (χ0v) is 16.1. The number of amides is 1. The molecule has 0 spiro atoms. The lowest BCUT2D eigenvalue weighted by atomic mass is 9.78. The van der Waals surface area contributed by atoms with Crippen LogP contribution in [0, 0.1) is 17.2 Å². The van der Waals surface area contributed by atoms with Crippen LogP contribution < -0.4 is 5.32 Å². The first-order valence-electron chi connectivity index (χ1n) is 9.87. The number of likely N-dealkylation sites (N-methyl/N-ethyl adjacent to an activating group) is 1. The van der Waals surface area contributed by atoms with Gasteiger partial charge in [0, 0.05) is 26.0 Å². The molecule has 2 aliphatic carbocycles. The molecule has 0 aliphatic heterocycles. The molecule has 1 aromatic carbocycles. The molecule has 28 heavy (non-hydrogen) atoms. The predicted molar refractivity (Wildman–Crippen MR) is 101 cm³/mol. The van der Waals surface area contributed by atoms with E-state index in [-0.39, 0.29) is 25.4 Å². The topological polar surface area (TPSA) is 112 Å². The van der Waals surface area contributed by atoms with E-state index in [1.807, 2.05) is 6.92 Å². The number of aliphatic hydroxyl groups is 2. The van der Waals surface area contributed by atoms with Crippen molar-refractivity contribution >= 4 is 5.91 Å². The van der Waals surface area contributed by atoms with Gasteiger partial charge in [0.2, 0.25) is 0 Å². The van der Waals surface area contributed by atoms with Gasteiger partial charge in [0.15, 0.2) is 5.60 Å². The van der Waals surface area contributed by atoms with E-state index in [9.17, 15) is 20.3 Å². The summed E-state index contributed by atoms with van der Waals surface area (Å²) in [6, 6.07) is 9.16. The molecule has 2 fully saturated rings. The Hall–Kier alpha value is -1.98. The second-order valence-electron chi connectivity index (χ2n) is 7.69. The Bertz CT molecular complexity index is 730. The summed E-state index contributed by atoms with van der Waals surface area (Å²) in [6.45, 7) is 2.80. The lowest BCUT2D eigenvalue weighted by Crippen LogP contribution is -2.60. The molecule has 152 valence electrons. The number of nitrogens with one attached hydrogen (secondary N) is 1. The standard InChI is InChI=1S/C21H28N2O5/c1-2-23-20(26)21(28-13-16-6-4-3-5-15(16)11-22)9-17(24)19(25)18(10-21)27-12-14-7-8-14/h3-6,14,17-19,24-25H,2,7-10,12-13H2,1H3,(H,23,26)/t17-,18+,19-,21+/m1/s1. The Morgan fingerprint density at radius 3 is 2.75 bits per heavy atom. The van der Waals surface area contributed by atoms with Crippen LogP contribution in [-0.2, 0) is 20.9 Å². The van der Waals surface area contributed by atoms with Gasteiger partial charge in [-0.2, -0.15) is 5.26 Å². The van der Waals surface area contributed by atoms with Gasteiger partial charge in [-0.15, -0.1) is 0 Å². The molecular weight excluding hydrogens is 360 g/mol. The highest BCUT2D eigenvalue weighted by atomic mass is 16.5. The Labute approximate surface area is 165 Å². The van der Waals surface area contributed by atoms with E-state index in [4.69, 9.17) is 9.47 Å². The van der Waals surface area contributed by atoms with Crippen LogP contribution in [0.4, 0.5) is 0 Å². The maximum atomic E-state index is 12.9. The molecule has 7 heteroatoms. The van der Waals surface area contributed by atoms with Crippen molar-refractivity contribution in [2.24, 2.45) is 5.92 Å². The van der Waals surface area contributed by atoms with Crippen LogP contribution in [-0.4, -0.2) is 53.2 Å². The van der Waals surface area contributed by atoms with E-state index in [1.54, 1.807) is 24.3 Å². The van der Waals surface area contributed by atoms with Crippen LogP contribution >= 0.6 is 0 Å². The number of aliphatic hydroxyl groups excluding tert-OH is 2. The number of hydrogen-bond donors (Lipinski definition) is 3. The number of carbonyl (C=O) groups is 1. The first kappa shape index (κ1) is 20.7. The van der Waals surface area contributed by atoms with Crippen LogP contribution in [0.1, 0.15) is 43.7 Å². The number of ether oxygens (including phenoxy) is 2. The van der Waals surface area contributed by atoms with E-state index < -0.39 is 23.9 Å². The zero-order valence-electron chi connectivity index (χ0n) is 16.1. The van der Waals surface area contributed by atoms with Gasteiger partial charge in [-0.25, -0.2) is 0 Å². The summed E-state index contributed by atoms with van der Waals surface area (Å²) in [6.07, 6.45) is -0.541. The molecule has 3 N–H and O–H groups in total. The third-order valence-corrected chi connectivity index (χ3v) is 5.48. The average Bonchev–Trinajstić information content (AvgIpc) is 3.52. The van der Waals surface area contributed by atoms with Crippen molar-refractivity contribution in [3.63, 3.8) is 0 Å². The molecule has 0 radical (unpaired) electrons. The summed E-state index contributed by atoms with van der Waals surface area (Å²) in [5, 5.41) is 32.9. The van der Waals surface area contributed by atoms with E-state index >= 15 is 0 Å². The minimum absolute atomic E-state index is 0.0298. The second-order valence-corrected chi connectivity index (χ2v) is 7.69. The van der Waals surface area contributed by atoms with E-state index in [0.717, 1.165) is 12.8 Å².